The van der Waals surface area contributed by atoms with E-state index in [2.05, 4.69) is 15.6 Å². The number of amides is 2. The van der Waals surface area contributed by atoms with Crippen LogP contribution in [0.15, 0.2) is 4.99 Å². The Balaban J connectivity index is 1.90. The lowest BCUT2D eigenvalue weighted by Crippen LogP contribution is -2.27. The predicted molar refractivity (Wildman–Crippen MR) is 50.5 cm³/mol. The number of aliphatic imine (C=N–C) groups is 1. The molecule has 2 fully saturated rings. The van der Waals surface area contributed by atoms with Gasteiger partial charge in [-0.1, -0.05) is 12.8 Å². The van der Waals surface area contributed by atoms with Crippen LogP contribution in [0.2, 0.25) is 0 Å². The molecular formula is C9H13N3O2. The first-order valence-electron chi connectivity index (χ1n) is 4.85. The van der Waals surface area contributed by atoms with Crippen molar-refractivity contribution in [3.8, 4) is 0 Å². The first-order valence-corrected chi connectivity index (χ1v) is 4.85. The maximum atomic E-state index is 10.8. The third-order valence-electron chi connectivity index (χ3n) is 2.39. The second-order valence-electron chi connectivity index (χ2n) is 3.91. The summed E-state index contributed by atoms with van der Waals surface area (Å²) in [4.78, 5) is 25.8. The molecule has 14 heavy (non-hydrogen) atoms. The number of nitrogens with one attached hydrogen (secondary N) is 2. The lowest BCUT2D eigenvalue weighted by atomic mass is 10.2. The first kappa shape index (κ1) is 9.18. The Hall–Kier alpha value is -1.39. The molecule has 0 radical (unpaired) electrons. The number of carbonyl (C=O) groups excluding carboxylic acids is 2. The van der Waals surface area contributed by atoms with Crippen molar-refractivity contribution >= 4 is 17.8 Å². The zero-order valence-corrected chi connectivity index (χ0v) is 8.04. The monoisotopic (exact) mass is 195 g/mol. The van der Waals surface area contributed by atoms with E-state index in [1.165, 1.54) is 12.8 Å². The molecule has 0 aromatic rings. The van der Waals surface area contributed by atoms with Crippen molar-refractivity contribution in [1.29, 1.82) is 0 Å². The van der Waals surface area contributed by atoms with E-state index in [-0.39, 0.29) is 6.04 Å². The fourth-order valence-corrected chi connectivity index (χ4v) is 1.53. The van der Waals surface area contributed by atoms with Crippen LogP contribution in [0.3, 0.4) is 0 Å². The Kier molecular flexibility index (Phi) is 2.23. The number of rotatable bonds is 3. The minimum Gasteiger partial charge on any atom is -0.288 e. The van der Waals surface area contributed by atoms with E-state index in [9.17, 15) is 9.59 Å². The highest BCUT2D eigenvalue weighted by Crippen LogP contribution is 2.34. The molecule has 2 rings (SSSR count). The van der Waals surface area contributed by atoms with Crippen LogP contribution in [-0.2, 0) is 9.59 Å². The number of hydrogen-bond acceptors (Lipinski definition) is 3. The highest BCUT2D eigenvalue weighted by molar-refractivity contribution is 6.45. The van der Waals surface area contributed by atoms with Crippen LogP contribution >= 0.6 is 0 Å². The van der Waals surface area contributed by atoms with Gasteiger partial charge >= 0.3 is 11.8 Å². The van der Waals surface area contributed by atoms with E-state index in [1.54, 1.807) is 0 Å². The van der Waals surface area contributed by atoms with E-state index >= 15 is 0 Å². The fraction of sp³-hybridized carbons (Fsp3) is 0.667. The molecule has 1 saturated carbocycles. The summed E-state index contributed by atoms with van der Waals surface area (Å²) in [5, 5.41) is 4.76. The van der Waals surface area contributed by atoms with Gasteiger partial charge in [0.05, 0.1) is 6.04 Å². The van der Waals surface area contributed by atoms with Gasteiger partial charge < -0.3 is 0 Å². The predicted octanol–water partition coefficient (Wildman–Crippen LogP) is -0.223. The summed E-state index contributed by atoms with van der Waals surface area (Å²) in [7, 11) is 0. The van der Waals surface area contributed by atoms with E-state index in [0.29, 0.717) is 5.96 Å². The highest BCUT2D eigenvalue weighted by Gasteiger charge is 2.27. The minimum absolute atomic E-state index is 0.163. The molecule has 0 aromatic carbocycles. The normalized spacial score (nSPS) is 23.1. The Morgan fingerprint density at radius 1 is 1.36 bits per heavy atom. The smallest absolute Gasteiger partial charge is 0.288 e. The van der Waals surface area contributed by atoms with Crippen molar-refractivity contribution in [3.63, 3.8) is 0 Å². The van der Waals surface area contributed by atoms with Crippen molar-refractivity contribution in [2.75, 3.05) is 0 Å². The fourth-order valence-electron chi connectivity index (χ4n) is 1.53. The zero-order valence-electron chi connectivity index (χ0n) is 8.04. The molecule has 2 amide bonds. The average molecular weight is 195 g/mol. The molecule has 5 nitrogen and oxygen atoms in total. The topological polar surface area (TPSA) is 70.6 Å². The Labute approximate surface area is 82.0 Å². The van der Waals surface area contributed by atoms with Gasteiger partial charge in [-0.3, -0.25) is 20.2 Å². The van der Waals surface area contributed by atoms with Crippen LogP contribution in [-0.4, -0.2) is 23.8 Å². The van der Waals surface area contributed by atoms with Gasteiger partial charge in [0.1, 0.15) is 0 Å². The number of hydrogen-bond donors (Lipinski definition) is 2. The third-order valence-corrected chi connectivity index (χ3v) is 2.39. The molecule has 2 N–H and O–H groups in total. The van der Waals surface area contributed by atoms with Gasteiger partial charge in [0.2, 0.25) is 5.96 Å². The van der Waals surface area contributed by atoms with E-state index < -0.39 is 11.8 Å². The van der Waals surface area contributed by atoms with E-state index in [1.807, 2.05) is 6.92 Å². The first-order chi connectivity index (χ1) is 6.65. The van der Waals surface area contributed by atoms with Gasteiger partial charge in [-0.05, 0) is 19.3 Å². The number of carbonyl (C=O) groups is 2. The Morgan fingerprint density at radius 2 is 1.93 bits per heavy atom. The second-order valence-corrected chi connectivity index (χ2v) is 3.91. The van der Waals surface area contributed by atoms with Crippen LogP contribution in [0.1, 0.15) is 26.2 Å². The molecule has 2 aliphatic rings. The Bertz CT molecular complexity index is 289. The van der Waals surface area contributed by atoms with Gasteiger partial charge in [0, 0.05) is 0 Å². The molecular weight excluding hydrogens is 182 g/mol. The largest absolute Gasteiger partial charge is 0.316 e. The molecule has 1 saturated heterocycles. The summed E-state index contributed by atoms with van der Waals surface area (Å²) in [5.74, 6) is -0.153. The van der Waals surface area contributed by atoms with Crippen molar-refractivity contribution in [1.82, 2.24) is 10.6 Å². The summed E-state index contributed by atoms with van der Waals surface area (Å²) < 4.78 is 0. The molecule has 76 valence electrons. The molecule has 0 spiro atoms. The average Bonchev–Trinajstić information content (AvgIpc) is 2.82. The molecule has 1 aliphatic carbocycles. The highest BCUT2D eigenvalue weighted by atomic mass is 16.2. The number of nitrogens with zero attached hydrogens (tertiary/aromatic N) is 1. The van der Waals surface area contributed by atoms with Crippen molar-refractivity contribution in [2.24, 2.45) is 10.9 Å². The van der Waals surface area contributed by atoms with E-state index in [0.717, 1.165) is 12.3 Å². The number of guanidine groups is 1. The molecule has 1 heterocycles. The van der Waals surface area contributed by atoms with Crippen molar-refractivity contribution in [2.45, 2.75) is 32.2 Å². The molecule has 5 heteroatoms. The SMILES string of the molecule is CC(CC1CC1)N=C1NC(=O)C(=O)N1. The second kappa shape index (κ2) is 3.40. The van der Waals surface area contributed by atoms with Gasteiger partial charge in [-0.2, -0.15) is 0 Å². The molecule has 0 aromatic heterocycles. The molecule has 1 unspecified atom stereocenters. The summed E-state index contributed by atoms with van der Waals surface area (Å²) in [6.07, 6.45) is 3.61. The van der Waals surface area contributed by atoms with Crippen molar-refractivity contribution < 1.29 is 9.59 Å². The quantitative estimate of drug-likeness (QED) is 0.611. The molecule has 0 bridgehead atoms. The van der Waals surface area contributed by atoms with Crippen LogP contribution in [0, 0.1) is 5.92 Å². The van der Waals surface area contributed by atoms with Gasteiger partial charge in [0.15, 0.2) is 0 Å². The maximum absolute atomic E-state index is 10.8. The van der Waals surface area contributed by atoms with Gasteiger partial charge in [0.25, 0.3) is 0 Å². The van der Waals surface area contributed by atoms with Gasteiger partial charge in [-0.15, -0.1) is 0 Å². The maximum Gasteiger partial charge on any atom is 0.316 e. The minimum atomic E-state index is -0.623. The zero-order chi connectivity index (χ0) is 10.1. The van der Waals surface area contributed by atoms with Gasteiger partial charge in [-0.25, -0.2) is 4.99 Å². The summed E-state index contributed by atoms with van der Waals surface area (Å²) in [5.41, 5.74) is 0. The summed E-state index contributed by atoms with van der Waals surface area (Å²) in [6.45, 7) is 1.99. The summed E-state index contributed by atoms with van der Waals surface area (Å²) >= 11 is 0. The summed E-state index contributed by atoms with van der Waals surface area (Å²) in [6, 6.07) is 0.163. The Morgan fingerprint density at radius 3 is 2.43 bits per heavy atom. The van der Waals surface area contributed by atoms with E-state index in [4.69, 9.17) is 0 Å². The van der Waals surface area contributed by atoms with Crippen LogP contribution in [0.4, 0.5) is 0 Å². The third kappa shape index (κ3) is 2.10. The van der Waals surface area contributed by atoms with Crippen LogP contribution in [0.5, 0.6) is 0 Å². The van der Waals surface area contributed by atoms with Crippen LogP contribution < -0.4 is 10.6 Å². The van der Waals surface area contributed by atoms with Crippen LogP contribution in [0.25, 0.3) is 0 Å². The molecule has 1 atom stereocenters. The lowest BCUT2D eigenvalue weighted by molar-refractivity contribution is -0.135. The lowest BCUT2D eigenvalue weighted by Gasteiger charge is -2.05. The van der Waals surface area contributed by atoms with Crippen molar-refractivity contribution in [3.05, 3.63) is 0 Å². The molecule has 1 aliphatic heterocycles. The standard InChI is InChI=1S/C9H13N3O2/c1-5(4-6-2-3-6)10-9-11-7(13)8(14)12-9/h5-6H,2-4H2,1H3,(H2,10,11,12,13,14).